The molecule has 1 aliphatic carbocycles. The molecule has 31 heavy (non-hydrogen) atoms. The predicted octanol–water partition coefficient (Wildman–Crippen LogP) is 4.03. The molecule has 1 radical (unpaired) electrons. The fraction of sp³-hybridized carbons (Fsp3) is 0.640. The number of hydrogen-bond donors (Lipinski definition) is 1. The lowest BCUT2D eigenvalue weighted by Crippen LogP contribution is -2.31. The number of aliphatic hydroxyl groups excluding tert-OH is 1. The van der Waals surface area contributed by atoms with Crippen LogP contribution in [0.4, 0.5) is 0 Å². The lowest BCUT2D eigenvalue weighted by atomic mass is 10.0. The molecule has 1 saturated carbocycles. The van der Waals surface area contributed by atoms with E-state index < -0.39 is 6.10 Å². The third kappa shape index (κ3) is 7.29. The quantitative estimate of drug-likeness (QED) is 0.596. The second-order valence-electron chi connectivity index (χ2n) is 8.52. The number of rotatable bonds is 9. The van der Waals surface area contributed by atoms with Crippen LogP contribution in [0.3, 0.4) is 0 Å². The minimum absolute atomic E-state index is 0.00984. The SMILES string of the molecule is OC1[CH]C(C=CC(COc2ccccc2)OC2CCCCO2)C(OC2CCCCO2)C1. The number of hydrogen-bond acceptors (Lipinski definition) is 6. The van der Waals surface area contributed by atoms with Crippen molar-refractivity contribution in [1.82, 2.24) is 0 Å². The molecule has 6 atom stereocenters. The van der Waals surface area contributed by atoms with Crippen LogP contribution in [0.15, 0.2) is 42.5 Å². The van der Waals surface area contributed by atoms with Gasteiger partial charge in [0.25, 0.3) is 0 Å². The molecule has 0 aromatic heterocycles. The highest BCUT2D eigenvalue weighted by atomic mass is 16.7. The minimum atomic E-state index is -0.468. The second kappa shape index (κ2) is 12.0. The standard InChI is InChI=1S/C25H35O6/c26-20-16-19(23(17-20)31-25-11-5-7-15-28-25)12-13-22(30-24-10-4-6-14-27-24)18-29-21-8-2-1-3-9-21/h1-3,8-9,12-13,16,19-20,22-26H,4-7,10-11,14-15,17-18H2. The Morgan fingerprint density at radius 3 is 2.45 bits per heavy atom. The number of benzene rings is 1. The molecular weight excluding hydrogens is 396 g/mol. The Morgan fingerprint density at radius 1 is 1.00 bits per heavy atom. The predicted molar refractivity (Wildman–Crippen MR) is 116 cm³/mol. The molecular formula is C25H35O6. The van der Waals surface area contributed by atoms with Crippen molar-refractivity contribution in [3.63, 3.8) is 0 Å². The summed E-state index contributed by atoms with van der Waals surface area (Å²) >= 11 is 0. The monoisotopic (exact) mass is 431 g/mol. The maximum atomic E-state index is 10.2. The molecule has 6 heteroatoms. The summed E-state index contributed by atoms with van der Waals surface area (Å²) in [6, 6.07) is 9.75. The zero-order chi connectivity index (χ0) is 21.3. The van der Waals surface area contributed by atoms with Gasteiger partial charge in [-0.25, -0.2) is 0 Å². The Balaban J connectivity index is 1.36. The van der Waals surface area contributed by atoms with Crippen molar-refractivity contribution < 1.29 is 28.8 Å². The van der Waals surface area contributed by atoms with Gasteiger partial charge in [0.15, 0.2) is 12.6 Å². The molecule has 171 valence electrons. The highest BCUT2D eigenvalue weighted by Crippen LogP contribution is 2.32. The number of aliphatic hydroxyl groups is 1. The van der Waals surface area contributed by atoms with Crippen LogP contribution >= 0.6 is 0 Å². The van der Waals surface area contributed by atoms with Crippen LogP contribution in [-0.2, 0) is 18.9 Å². The fourth-order valence-electron chi connectivity index (χ4n) is 4.30. The van der Waals surface area contributed by atoms with E-state index in [9.17, 15) is 5.11 Å². The van der Waals surface area contributed by atoms with Crippen molar-refractivity contribution in [1.29, 1.82) is 0 Å². The summed E-state index contributed by atoms with van der Waals surface area (Å²) in [5.74, 6) is 0.822. The minimum Gasteiger partial charge on any atom is -0.491 e. The van der Waals surface area contributed by atoms with Gasteiger partial charge in [-0.2, -0.15) is 0 Å². The van der Waals surface area contributed by atoms with Gasteiger partial charge in [-0.05, 0) is 57.1 Å². The van der Waals surface area contributed by atoms with E-state index in [-0.39, 0.29) is 30.7 Å². The van der Waals surface area contributed by atoms with E-state index in [1.54, 1.807) is 0 Å². The first-order valence-corrected chi connectivity index (χ1v) is 11.7. The summed E-state index contributed by atoms with van der Waals surface area (Å²) in [4.78, 5) is 0. The van der Waals surface area contributed by atoms with Crippen LogP contribution in [-0.4, -0.2) is 55.8 Å². The zero-order valence-corrected chi connectivity index (χ0v) is 18.1. The summed E-state index contributed by atoms with van der Waals surface area (Å²) in [5, 5.41) is 10.2. The van der Waals surface area contributed by atoms with Crippen LogP contribution in [0.25, 0.3) is 0 Å². The molecule has 1 N–H and O–H groups in total. The van der Waals surface area contributed by atoms with Crippen LogP contribution in [0, 0.1) is 12.3 Å². The largest absolute Gasteiger partial charge is 0.491 e. The molecule has 6 unspecified atom stereocenters. The van der Waals surface area contributed by atoms with Crippen molar-refractivity contribution in [3.05, 3.63) is 48.9 Å². The second-order valence-corrected chi connectivity index (χ2v) is 8.52. The van der Waals surface area contributed by atoms with E-state index in [2.05, 4.69) is 6.08 Å². The molecule has 2 saturated heterocycles. The maximum Gasteiger partial charge on any atom is 0.158 e. The first kappa shape index (κ1) is 22.7. The lowest BCUT2D eigenvalue weighted by Gasteiger charge is -2.28. The zero-order valence-electron chi connectivity index (χ0n) is 18.1. The Labute approximate surface area is 185 Å². The first-order valence-electron chi connectivity index (χ1n) is 11.7. The van der Waals surface area contributed by atoms with E-state index in [1.807, 2.05) is 42.8 Å². The molecule has 0 spiro atoms. The van der Waals surface area contributed by atoms with Crippen molar-refractivity contribution >= 4 is 0 Å². The van der Waals surface area contributed by atoms with Crippen molar-refractivity contribution in [2.24, 2.45) is 5.92 Å². The molecule has 6 nitrogen and oxygen atoms in total. The summed E-state index contributed by atoms with van der Waals surface area (Å²) in [6.45, 7) is 1.88. The number of para-hydroxylation sites is 1. The van der Waals surface area contributed by atoms with Gasteiger partial charge >= 0.3 is 0 Å². The molecule has 1 aromatic rings. The molecule has 4 rings (SSSR count). The Morgan fingerprint density at radius 2 is 1.74 bits per heavy atom. The molecule has 0 amide bonds. The van der Waals surface area contributed by atoms with E-state index >= 15 is 0 Å². The molecule has 3 fully saturated rings. The van der Waals surface area contributed by atoms with Gasteiger partial charge in [0.05, 0.1) is 12.2 Å². The van der Waals surface area contributed by atoms with Gasteiger partial charge in [0.1, 0.15) is 18.5 Å². The third-order valence-electron chi connectivity index (χ3n) is 5.98. The molecule has 3 aliphatic rings. The van der Waals surface area contributed by atoms with Crippen LogP contribution in [0.2, 0.25) is 0 Å². The lowest BCUT2D eigenvalue weighted by molar-refractivity contribution is -0.192. The Bertz CT molecular complexity index is 653. The first-order chi connectivity index (χ1) is 15.3. The summed E-state index contributed by atoms with van der Waals surface area (Å²) < 4.78 is 29.9. The fourth-order valence-corrected chi connectivity index (χ4v) is 4.30. The molecule has 0 bridgehead atoms. The van der Waals surface area contributed by atoms with Gasteiger partial charge in [0.2, 0.25) is 0 Å². The maximum absolute atomic E-state index is 10.2. The van der Waals surface area contributed by atoms with E-state index in [0.29, 0.717) is 13.0 Å². The van der Waals surface area contributed by atoms with E-state index in [1.165, 1.54) is 0 Å². The Kier molecular flexibility index (Phi) is 8.79. The van der Waals surface area contributed by atoms with Gasteiger partial charge in [-0.1, -0.05) is 30.4 Å². The van der Waals surface area contributed by atoms with E-state index in [4.69, 9.17) is 23.7 Å². The molecule has 2 heterocycles. The summed E-state index contributed by atoms with van der Waals surface area (Å²) in [6.07, 6.45) is 11.7. The summed E-state index contributed by atoms with van der Waals surface area (Å²) in [5.41, 5.74) is 0. The van der Waals surface area contributed by atoms with Crippen molar-refractivity contribution in [2.75, 3.05) is 19.8 Å². The Hall–Kier alpha value is -1.44. The summed E-state index contributed by atoms with van der Waals surface area (Å²) in [7, 11) is 0. The van der Waals surface area contributed by atoms with Crippen molar-refractivity contribution in [3.8, 4) is 5.75 Å². The van der Waals surface area contributed by atoms with Crippen LogP contribution < -0.4 is 4.74 Å². The topological polar surface area (TPSA) is 66.4 Å². The van der Waals surface area contributed by atoms with Gasteiger partial charge < -0.3 is 28.8 Å². The van der Waals surface area contributed by atoms with Crippen LogP contribution in [0.5, 0.6) is 5.75 Å². The molecule has 2 aliphatic heterocycles. The smallest absolute Gasteiger partial charge is 0.158 e. The third-order valence-corrected chi connectivity index (χ3v) is 5.98. The van der Waals surface area contributed by atoms with Crippen molar-refractivity contribution in [2.45, 2.75) is 75.8 Å². The number of ether oxygens (including phenoxy) is 5. The average Bonchev–Trinajstić information content (AvgIpc) is 3.16. The normalized spacial score (nSPS) is 32.9. The molecule has 1 aromatic carbocycles. The van der Waals surface area contributed by atoms with Gasteiger partial charge in [-0.3, -0.25) is 0 Å². The van der Waals surface area contributed by atoms with Crippen LogP contribution in [0.1, 0.15) is 44.9 Å². The van der Waals surface area contributed by atoms with Gasteiger partial charge in [-0.15, -0.1) is 0 Å². The highest BCUT2D eigenvalue weighted by Gasteiger charge is 2.35. The van der Waals surface area contributed by atoms with E-state index in [0.717, 1.165) is 57.5 Å². The highest BCUT2D eigenvalue weighted by molar-refractivity contribution is 5.21. The van der Waals surface area contributed by atoms with Gasteiger partial charge in [0, 0.05) is 25.6 Å². The average molecular weight is 432 g/mol.